The number of hydrogen-bond donors (Lipinski definition) is 0. The molecule has 3 fully saturated rings. The van der Waals surface area contributed by atoms with Gasteiger partial charge in [-0.2, -0.15) is 0 Å². The Labute approximate surface area is 218 Å². The van der Waals surface area contributed by atoms with Gasteiger partial charge in [0.05, 0.1) is 12.7 Å². The van der Waals surface area contributed by atoms with Crippen molar-refractivity contribution in [2.45, 2.75) is 91.7 Å². The molecule has 8 nitrogen and oxygen atoms in total. The van der Waals surface area contributed by atoms with Gasteiger partial charge in [0.15, 0.2) is 5.43 Å². The average molecular weight is 515 g/mol. The summed E-state index contributed by atoms with van der Waals surface area (Å²) >= 11 is 0. The highest BCUT2D eigenvalue weighted by Gasteiger charge is 2.77. The van der Waals surface area contributed by atoms with Gasteiger partial charge in [-0.15, -0.1) is 0 Å². The zero-order chi connectivity index (χ0) is 27.5. The van der Waals surface area contributed by atoms with Crippen LogP contribution in [0.2, 0.25) is 0 Å². The van der Waals surface area contributed by atoms with E-state index in [-0.39, 0.29) is 35.3 Å². The van der Waals surface area contributed by atoms with Gasteiger partial charge in [-0.1, -0.05) is 36.8 Å². The van der Waals surface area contributed by atoms with E-state index in [4.69, 9.17) is 28.1 Å². The van der Waals surface area contributed by atoms with Gasteiger partial charge in [-0.3, -0.25) is 9.59 Å². The van der Waals surface area contributed by atoms with Crippen LogP contribution in [0.5, 0.6) is 5.95 Å². The molecule has 4 rings (SSSR count). The second-order valence-electron chi connectivity index (χ2n) is 10.9. The van der Waals surface area contributed by atoms with Crippen molar-refractivity contribution in [1.82, 2.24) is 0 Å². The minimum absolute atomic E-state index is 0.0155. The molecule has 2 aliphatic heterocycles. The molecule has 202 valence electrons. The highest BCUT2D eigenvalue weighted by Crippen LogP contribution is 2.62. The van der Waals surface area contributed by atoms with Crippen LogP contribution in [0.4, 0.5) is 0 Å². The van der Waals surface area contributed by atoms with Gasteiger partial charge >= 0.3 is 5.97 Å². The molecular weight excluding hydrogens is 476 g/mol. The molecule has 0 aromatic carbocycles. The molecular formula is C29H38O8. The lowest BCUT2D eigenvalue weighted by Crippen LogP contribution is -2.71. The molecule has 2 saturated heterocycles. The molecule has 3 heterocycles. The van der Waals surface area contributed by atoms with E-state index >= 15 is 0 Å². The van der Waals surface area contributed by atoms with Gasteiger partial charge in [-0.25, -0.2) is 0 Å². The first-order valence-corrected chi connectivity index (χ1v) is 12.6. The number of carbonyl (C=O) groups is 1. The fourth-order valence-electron chi connectivity index (χ4n) is 6.24. The Balaban J connectivity index is 1.63. The summed E-state index contributed by atoms with van der Waals surface area (Å²) in [4.78, 5) is 24.6. The van der Waals surface area contributed by atoms with Crippen LogP contribution in [0.3, 0.4) is 0 Å². The Hall–Kier alpha value is -2.68. The lowest BCUT2D eigenvalue weighted by Gasteiger charge is -2.56. The van der Waals surface area contributed by atoms with Gasteiger partial charge in [0.1, 0.15) is 29.2 Å². The molecule has 2 bridgehead atoms. The summed E-state index contributed by atoms with van der Waals surface area (Å²) in [6.07, 6.45) is 6.96. The summed E-state index contributed by atoms with van der Waals surface area (Å²) < 4.78 is 35.6. The summed E-state index contributed by atoms with van der Waals surface area (Å²) in [6, 6.07) is 0. The van der Waals surface area contributed by atoms with E-state index in [1.165, 1.54) is 14.0 Å². The first-order valence-electron chi connectivity index (χ1n) is 12.6. The number of rotatable bonds is 6. The normalized spacial score (nSPS) is 37.4. The van der Waals surface area contributed by atoms with Crippen molar-refractivity contribution in [2.24, 2.45) is 11.8 Å². The van der Waals surface area contributed by atoms with Gasteiger partial charge < -0.3 is 28.1 Å². The summed E-state index contributed by atoms with van der Waals surface area (Å²) in [6.45, 7) is 16.6. The Morgan fingerprint density at radius 2 is 1.68 bits per heavy atom. The van der Waals surface area contributed by atoms with Crippen LogP contribution in [0.1, 0.15) is 65.4 Å². The van der Waals surface area contributed by atoms with Crippen molar-refractivity contribution in [3.8, 4) is 5.95 Å². The predicted molar refractivity (Wildman–Crippen MR) is 138 cm³/mol. The van der Waals surface area contributed by atoms with Crippen LogP contribution < -0.4 is 10.2 Å². The SMILES string of the molecule is COc1oc(/C(C)=C/C=C/C(C)=C/[C@@H]2[C@H](C)[C@@]3(C)O[C@]4(C)O[C@H]3[C@@](C)(O4)[C@H]2OC(C)=O)c(C)c(=O)c1C. The van der Waals surface area contributed by atoms with Gasteiger partial charge in [0.2, 0.25) is 0 Å². The number of allylic oxidation sites excluding steroid dienone is 5. The second-order valence-corrected chi connectivity index (χ2v) is 10.9. The maximum atomic E-state index is 12.5. The number of carbonyl (C=O) groups excluding carboxylic acids is 1. The van der Waals surface area contributed by atoms with Crippen LogP contribution >= 0.6 is 0 Å². The van der Waals surface area contributed by atoms with E-state index in [1.807, 2.05) is 45.9 Å². The van der Waals surface area contributed by atoms with Crippen molar-refractivity contribution in [1.29, 1.82) is 0 Å². The molecule has 0 radical (unpaired) electrons. The van der Waals surface area contributed by atoms with E-state index < -0.39 is 23.3 Å². The lowest BCUT2D eigenvalue weighted by atomic mass is 9.61. The predicted octanol–water partition coefficient (Wildman–Crippen LogP) is 5.01. The summed E-state index contributed by atoms with van der Waals surface area (Å²) in [7, 11) is 1.48. The highest BCUT2D eigenvalue weighted by molar-refractivity contribution is 5.66. The smallest absolute Gasteiger partial charge is 0.303 e. The molecule has 0 unspecified atom stereocenters. The standard InChI is InChI=1S/C29H38O8/c1-15(12-11-13-16(2)23-17(3)22(31)18(4)25(32-10)34-23)14-21-19(5)27(7)26-28(8,24(21)33-20(6)30)37-29(9,35-26)36-27/h11-14,19,21,24,26H,1-10H3/b12-11+,15-14+,16-13+/t19-,21+,24-,26+,27+,28-,29-/m0/s1. The highest BCUT2D eigenvalue weighted by atomic mass is 16.9. The van der Waals surface area contributed by atoms with Crippen LogP contribution in [-0.2, 0) is 23.7 Å². The third kappa shape index (κ3) is 4.39. The molecule has 1 aromatic rings. The van der Waals surface area contributed by atoms with E-state index in [0.717, 1.165) is 11.1 Å². The second kappa shape index (κ2) is 9.26. The minimum Gasteiger partial charge on any atom is -0.468 e. The molecule has 0 amide bonds. The molecule has 1 aromatic heterocycles. The van der Waals surface area contributed by atoms with Crippen molar-refractivity contribution in [3.05, 3.63) is 57.0 Å². The van der Waals surface area contributed by atoms with Gasteiger partial charge in [0, 0.05) is 25.3 Å². The number of esters is 1. The molecule has 0 N–H and O–H groups in total. The fourth-order valence-corrected chi connectivity index (χ4v) is 6.24. The number of ether oxygens (including phenoxy) is 5. The zero-order valence-corrected chi connectivity index (χ0v) is 23.4. The van der Waals surface area contributed by atoms with E-state index in [0.29, 0.717) is 16.9 Å². The first-order chi connectivity index (χ1) is 17.2. The third-order valence-electron chi connectivity index (χ3n) is 8.10. The summed E-state index contributed by atoms with van der Waals surface area (Å²) in [5, 5.41) is 0. The van der Waals surface area contributed by atoms with Crippen molar-refractivity contribution >= 4 is 11.5 Å². The number of methoxy groups -OCH3 is 1. The third-order valence-corrected chi connectivity index (χ3v) is 8.10. The maximum absolute atomic E-state index is 12.5. The van der Waals surface area contributed by atoms with Crippen molar-refractivity contribution < 1.29 is 32.9 Å². The summed E-state index contributed by atoms with van der Waals surface area (Å²) in [5.74, 6) is -0.997. The molecule has 1 aliphatic carbocycles. The molecule has 0 spiro atoms. The van der Waals surface area contributed by atoms with E-state index in [9.17, 15) is 9.59 Å². The molecule has 3 aliphatic rings. The van der Waals surface area contributed by atoms with E-state index in [2.05, 4.69) is 13.0 Å². The summed E-state index contributed by atoms with van der Waals surface area (Å²) in [5.41, 5.74) is 1.22. The number of hydrogen-bond acceptors (Lipinski definition) is 8. The Kier molecular flexibility index (Phi) is 6.84. The Bertz CT molecular complexity index is 1260. The maximum Gasteiger partial charge on any atom is 0.303 e. The van der Waals surface area contributed by atoms with Crippen molar-refractivity contribution in [2.75, 3.05) is 7.11 Å². The molecule has 8 heteroatoms. The number of fused-ring (bicyclic) bond motifs is 1. The largest absolute Gasteiger partial charge is 0.468 e. The monoisotopic (exact) mass is 514 g/mol. The first kappa shape index (κ1) is 27.4. The van der Waals surface area contributed by atoms with Crippen LogP contribution in [0, 0.1) is 25.7 Å². The van der Waals surface area contributed by atoms with Crippen LogP contribution in [0.15, 0.2) is 39.1 Å². The quantitative estimate of drug-likeness (QED) is 0.387. The minimum atomic E-state index is -1.15. The van der Waals surface area contributed by atoms with Crippen LogP contribution in [0.25, 0.3) is 5.57 Å². The van der Waals surface area contributed by atoms with Gasteiger partial charge in [0.25, 0.3) is 11.9 Å². The fraction of sp³-hybridized carbons (Fsp3) is 0.586. The van der Waals surface area contributed by atoms with E-state index in [1.54, 1.807) is 20.8 Å². The average Bonchev–Trinajstić information content (AvgIpc) is 3.26. The zero-order valence-electron chi connectivity index (χ0n) is 23.4. The lowest BCUT2D eigenvalue weighted by molar-refractivity contribution is -0.377. The molecule has 1 saturated carbocycles. The van der Waals surface area contributed by atoms with Crippen LogP contribution in [-0.4, -0.2) is 42.5 Å². The Morgan fingerprint density at radius 1 is 1.03 bits per heavy atom. The molecule has 37 heavy (non-hydrogen) atoms. The Morgan fingerprint density at radius 3 is 2.27 bits per heavy atom. The topological polar surface area (TPSA) is 93.4 Å². The molecule has 7 atom stereocenters. The van der Waals surface area contributed by atoms with Gasteiger partial charge in [-0.05, 0) is 53.0 Å². The van der Waals surface area contributed by atoms with Crippen molar-refractivity contribution in [3.63, 3.8) is 0 Å².